The van der Waals surface area contributed by atoms with E-state index >= 15 is 0 Å². The van der Waals surface area contributed by atoms with E-state index in [1.54, 1.807) is 70.0 Å². The summed E-state index contributed by atoms with van der Waals surface area (Å²) >= 11 is 0. The monoisotopic (exact) mass is 1150 g/mol. The number of carbonyl (C=O) groups excluding carboxylic acids is 3. The Kier molecular flexibility index (Phi) is 23.3. The number of β-lactam (4-membered cyclic amide) rings is 1. The van der Waals surface area contributed by atoms with E-state index in [2.05, 4.69) is 111 Å². The van der Waals surface area contributed by atoms with E-state index < -0.39 is 6.04 Å². The molecule has 4 aromatic carbocycles. The number of allylic oxidation sites excluding steroid dienone is 20. The predicted octanol–water partition coefficient (Wildman–Crippen LogP) is 11.8. The van der Waals surface area contributed by atoms with Crippen LogP contribution in [0, 0.1) is 0 Å². The molecule has 0 N–H and O–H groups in total. The van der Waals surface area contributed by atoms with Gasteiger partial charge in [-0.3, -0.25) is 19.3 Å². The van der Waals surface area contributed by atoms with Gasteiger partial charge in [-0.05, 0) is 115 Å². The Balaban J connectivity index is 0.000000695. The number of benzene rings is 4. The number of rotatable bonds is 22. The second kappa shape index (κ2) is 31.3. The fourth-order valence-corrected chi connectivity index (χ4v) is 8.90. The number of carbonyl (C=O) groups is 3. The molecule has 0 saturated carbocycles. The Labute approximate surface area is 489 Å². The number of aromatic nitrogens is 6. The standard InChI is InChI=1S/C55H50N8O5.2C5H6.2Fe/c64-52(31-20-42-13-7-8-14-42)44-22-26-49(27-23-44)67-35-33-61-39-46(56-58-61)37-60(54-51(30-19-41-11-3-1-4-12-41)63(55(54)66)48-17-5-2-6-18-48)38-47-40-62(59-57-47)34-36-68-50-28-24-45(25-29-50)53(65)32-21-43-15-9-10-16-43;2*1-2-4-5-3-1;;/h1-7,9,11-32,39-40,51,54H,8,10,33-38H2;2*1-4H,5H2;;/q;;;2*+2/b30-19+,31-20+,32-21+;;;;/t51-,54+;;;;/m1..../s1. The van der Waals surface area contributed by atoms with Gasteiger partial charge < -0.3 is 14.4 Å². The van der Waals surface area contributed by atoms with E-state index in [0.717, 1.165) is 48.1 Å². The Morgan fingerprint density at radius 2 is 1.02 bits per heavy atom. The summed E-state index contributed by atoms with van der Waals surface area (Å²) in [5.74, 6) is 1.10. The van der Waals surface area contributed by atoms with Crippen LogP contribution in [0.2, 0.25) is 0 Å². The maximum atomic E-state index is 14.3. The first-order valence-corrected chi connectivity index (χ1v) is 26.3. The number of hydrogen-bond donors (Lipinski definition) is 0. The zero-order valence-electron chi connectivity index (χ0n) is 44.1. The molecule has 1 saturated heterocycles. The van der Waals surface area contributed by atoms with Crippen LogP contribution in [0.3, 0.4) is 0 Å². The van der Waals surface area contributed by atoms with Gasteiger partial charge >= 0.3 is 34.1 Å². The predicted molar refractivity (Wildman–Crippen MR) is 307 cm³/mol. The van der Waals surface area contributed by atoms with Gasteiger partial charge in [0.1, 0.15) is 30.8 Å². The third-order valence-corrected chi connectivity index (χ3v) is 12.9. The quantitative estimate of drug-likeness (QED) is 0.0279. The summed E-state index contributed by atoms with van der Waals surface area (Å²) in [6.45, 7) is 2.13. The minimum absolute atomic E-state index is 0. The van der Waals surface area contributed by atoms with Gasteiger partial charge in [0.25, 0.3) is 0 Å². The van der Waals surface area contributed by atoms with Crippen molar-refractivity contribution in [3.8, 4) is 11.5 Å². The van der Waals surface area contributed by atoms with E-state index in [4.69, 9.17) is 9.47 Å². The molecular weight excluding hydrogens is 1080 g/mol. The number of para-hydroxylation sites is 1. The summed E-state index contributed by atoms with van der Waals surface area (Å²) in [6.07, 6.45) is 47.7. The Morgan fingerprint density at radius 1 is 0.562 bits per heavy atom. The molecule has 11 rings (SSSR count). The molecule has 404 valence electrons. The molecular formula is C65H62Fe2N8O5+4. The summed E-state index contributed by atoms with van der Waals surface area (Å²) < 4.78 is 15.5. The Morgan fingerprint density at radius 3 is 1.45 bits per heavy atom. The minimum Gasteiger partial charge on any atom is -0.492 e. The summed E-state index contributed by atoms with van der Waals surface area (Å²) in [7, 11) is 0. The SMILES string of the molecule is C1=CCC=C1.C1=CCC=C1.O=C(/C=C/C1=CCC=C1)c1ccc(OCCn2cc(CN(Cc3cn(CCOc4ccc(C(=O)/C=C/C5=CCC=C5)cc4)nn3)[C@@H]3C(=O)N(c4ccccc4)[C@@H]3/C=C/c3ccccc3)nn2)cc1.[Fe+2].[Fe+2]. The van der Waals surface area contributed by atoms with Crippen LogP contribution in [0.25, 0.3) is 6.08 Å². The maximum Gasteiger partial charge on any atom is 2.00 e. The number of nitrogens with zero attached hydrogens (tertiary/aromatic N) is 8. The van der Waals surface area contributed by atoms with Crippen molar-refractivity contribution in [1.82, 2.24) is 34.9 Å². The molecule has 0 unspecified atom stereocenters. The zero-order chi connectivity index (χ0) is 53.6. The minimum atomic E-state index is -0.541. The van der Waals surface area contributed by atoms with Crippen molar-refractivity contribution in [2.24, 2.45) is 0 Å². The molecule has 1 amide bonds. The molecule has 3 heterocycles. The third-order valence-electron chi connectivity index (χ3n) is 12.9. The molecule has 0 spiro atoms. The number of amides is 1. The van der Waals surface area contributed by atoms with Gasteiger partial charge in [-0.25, -0.2) is 9.36 Å². The number of ketones is 2. The van der Waals surface area contributed by atoms with Crippen LogP contribution in [-0.2, 0) is 65.1 Å². The van der Waals surface area contributed by atoms with Gasteiger partial charge in [-0.1, -0.05) is 168 Å². The van der Waals surface area contributed by atoms with Crippen LogP contribution in [0.1, 0.15) is 63.4 Å². The molecule has 4 aliphatic carbocycles. The fourth-order valence-electron chi connectivity index (χ4n) is 8.90. The number of hydrogen-bond acceptors (Lipinski definition) is 10. The summed E-state index contributed by atoms with van der Waals surface area (Å²) in [5, 5.41) is 17.8. The van der Waals surface area contributed by atoms with Gasteiger partial charge in [-0.15, -0.1) is 10.2 Å². The largest absolute Gasteiger partial charge is 2.00 e. The summed E-state index contributed by atoms with van der Waals surface area (Å²) in [4.78, 5) is 43.6. The van der Waals surface area contributed by atoms with E-state index in [0.29, 0.717) is 73.4 Å². The molecule has 1 fully saturated rings. The van der Waals surface area contributed by atoms with Crippen molar-refractivity contribution in [2.75, 3.05) is 18.1 Å². The van der Waals surface area contributed by atoms with E-state index in [1.807, 2.05) is 102 Å². The molecule has 6 aromatic rings. The third kappa shape index (κ3) is 17.6. The van der Waals surface area contributed by atoms with Gasteiger partial charge in [0.2, 0.25) is 5.91 Å². The number of ether oxygens (including phenoxy) is 2. The Hall–Kier alpha value is -8.29. The summed E-state index contributed by atoms with van der Waals surface area (Å²) in [6, 6.07) is 33.1. The molecule has 1 aliphatic heterocycles. The van der Waals surface area contributed by atoms with Crippen LogP contribution in [-0.4, -0.2) is 77.7 Å². The van der Waals surface area contributed by atoms with Crippen LogP contribution in [0.4, 0.5) is 5.69 Å². The average Bonchev–Trinajstić information content (AvgIpc) is 4.46. The number of anilines is 1. The molecule has 13 nitrogen and oxygen atoms in total. The average molecular weight is 1150 g/mol. The van der Waals surface area contributed by atoms with Crippen molar-refractivity contribution < 1.29 is 58.0 Å². The second-order valence-electron chi connectivity index (χ2n) is 18.6. The topological polar surface area (TPSA) is 138 Å². The summed E-state index contributed by atoms with van der Waals surface area (Å²) in [5.41, 5.74) is 6.43. The van der Waals surface area contributed by atoms with Crippen molar-refractivity contribution in [3.63, 3.8) is 0 Å². The van der Waals surface area contributed by atoms with Crippen molar-refractivity contribution in [3.05, 3.63) is 276 Å². The molecule has 2 aromatic heterocycles. The van der Waals surface area contributed by atoms with E-state index in [-0.39, 0.29) is 57.7 Å². The van der Waals surface area contributed by atoms with Gasteiger partial charge in [0, 0.05) is 42.3 Å². The second-order valence-corrected chi connectivity index (χ2v) is 18.6. The van der Waals surface area contributed by atoms with Gasteiger partial charge in [-0.2, -0.15) is 0 Å². The molecule has 80 heavy (non-hydrogen) atoms. The normalized spacial score (nSPS) is 16.3. The fraction of sp³-hybridized carbons (Fsp3) is 0.185. The van der Waals surface area contributed by atoms with Crippen LogP contribution in [0.5, 0.6) is 11.5 Å². The molecule has 2 atom stereocenters. The Bertz CT molecular complexity index is 3150. The molecule has 5 aliphatic rings. The molecule has 0 bridgehead atoms. The first-order valence-electron chi connectivity index (χ1n) is 26.3. The van der Waals surface area contributed by atoms with E-state index in [9.17, 15) is 14.4 Å². The first-order chi connectivity index (χ1) is 38.4. The van der Waals surface area contributed by atoms with Crippen molar-refractivity contribution >= 4 is 29.2 Å². The van der Waals surface area contributed by atoms with Gasteiger partial charge in [0.05, 0.1) is 30.5 Å². The van der Waals surface area contributed by atoms with Gasteiger partial charge in [0.15, 0.2) is 11.6 Å². The van der Waals surface area contributed by atoms with Crippen molar-refractivity contribution in [1.29, 1.82) is 0 Å². The molecule has 0 radical (unpaired) electrons. The smallest absolute Gasteiger partial charge is 0.492 e. The van der Waals surface area contributed by atoms with Crippen LogP contribution < -0.4 is 14.4 Å². The van der Waals surface area contributed by atoms with Crippen molar-refractivity contribution in [2.45, 2.75) is 63.9 Å². The van der Waals surface area contributed by atoms with E-state index in [1.165, 1.54) is 0 Å². The zero-order valence-corrected chi connectivity index (χ0v) is 46.4. The maximum absolute atomic E-state index is 14.3. The van der Waals surface area contributed by atoms with Crippen LogP contribution in [0.15, 0.2) is 248 Å². The molecule has 15 heteroatoms. The van der Waals surface area contributed by atoms with Crippen LogP contribution >= 0.6 is 0 Å². The first kappa shape index (κ1) is 59.4.